The molecule has 136 valence electrons. The molecule has 1 aromatic heterocycles. The van der Waals surface area contributed by atoms with Crippen LogP contribution >= 0.6 is 11.3 Å². The van der Waals surface area contributed by atoms with Crippen molar-refractivity contribution >= 4 is 22.2 Å². The average Bonchev–Trinajstić information content (AvgIpc) is 2.96. The van der Waals surface area contributed by atoms with Gasteiger partial charge < -0.3 is 10.1 Å². The summed E-state index contributed by atoms with van der Waals surface area (Å²) in [7, 11) is 0. The molecule has 1 aromatic carbocycles. The van der Waals surface area contributed by atoms with Crippen LogP contribution in [0.5, 0.6) is 5.75 Å². The molecule has 1 heterocycles. The Bertz CT molecular complexity index is 848. The Balaban J connectivity index is 1.78. The summed E-state index contributed by atoms with van der Waals surface area (Å²) in [6, 6.07) is 9.47. The number of benzene rings is 1. The number of nitrogens with one attached hydrogen (secondary N) is 1. The van der Waals surface area contributed by atoms with E-state index in [1.54, 1.807) is 23.5 Å². The van der Waals surface area contributed by atoms with Crippen LogP contribution in [-0.4, -0.2) is 12.5 Å². The van der Waals surface area contributed by atoms with Crippen LogP contribution in [0.2, 0.25) is 0 Å². The van der Waals surface area contributed by atoms with E-state index in [1.807, 2.05) is 12.1 Å². The summed E-state index contributed by atoms with van der Waals surface area (Å²) in [4.78, 5) is 13.9. The maximum absolute atomic E-state index is 12.7. The molecule has 1 unspecified atom stereocenters. The molecule has 4 nitrogen and oxygen atoms in total. The average molecular weight is 369 g/mol. The van der Waals surface area contributed by atoms with Gasteiger partial charge in [0.1, 0.15) is 16.8 Å². The lowest BCUT2D eigenvalue weighted by molar-refractivity contribution is 0.102. The van der Waals surface area contributed by atoms with E-state index < -0.39 is 0 Å². The second-order valence-corrected chi connectivity index (χ2v) is 8.46. The number of fused-ring (bicyclic) bond motifs is 1. The molecule has 0 radical (unpaired) electrons. The van der Waals surface area contributed by atoms with Crippen molar-refractivity contribution in [2.75, 3.05) is 11.9 Å². The fourth-order valence-electron chi connectivity index (χ4n) is 3.12. The topological polar surface area (TPSA) is 62.1 Å². The fraction of sp³-hybridized carbons (Fsp3) is 0.429. The monoisotopic (exact) mass is 368 g/mol. The third-order valence-electron chi connectivity index (χ3n) is 4.53. The first-order valence-electron chi connectivity index (χ1n) is 9.06. The van der Waals surface area contributed by atoms with E-state index in [1.165, 1.54) is 4.88 Å². The van der Waals surface area contributed by atoms with Gasteiger partial charge in [0.25, 0.3) is 5.91 Å². The first-order chi connectivity index (χ1) is 12.5. The van der Waals surface area contributed by atoms with Gasteiger partial charge in [0.05, 0.1) is 12.2 Å². The van der Waals surface area contributed by atoms with Crippen molar-refractivity contribution < 1.29 is 9.53 Å². The molecule has 0 bridgehead atoms. The van der Waals surface area contributed by atoms with Crippen LogP contribution in [0.4, 0.5) is 5.00 Å². The zero-order chi connectivity index (χ0) is 18.7. The highest BCUT2D eigenvalue weighted by atomic mass is 32.1. The molecular weight excluding hydrogens is 344 g/mol. The van der Waals surface area contributed by atoms with Crippen molar-refractivity contribution in [1.29, 1.82) is 5.26 Å². The van der Waals surface area contributed by atoms with Crippen molar-refractivity contribution in [3.05, 3.63) is 45.8 Å². The Morgan fingerprint density at radius 3 is 3.00 bits per heavy atom. The van der Waals surface area contributed by atoms with E-state index in [9.17, 15) is 10.1 Å². The highest BCUT2D eigenvalue weighted by Crippen LogP contribution is 2.39. The maximum Gasteiger partial charge on any atom is 0.256 e. The number of nitrogens with zero attached hydrogens (tertiary/aromatic N) is 1. The normalized spacial score (nSPS) is 16.0. The molecular formula is C21H24N2O2S. The minimum atomic E-state index is -0.205. The number of amides is 1. The summed E-state index contributed by atoms with van der Waals surface area (Å²) >= 11 is 1.55. The molecule has 1 aliphatic carbocycles. The number of rotatable bonds is 5. The van der Waals surface area contributed by atoms with Gasteiger partial charge in [-0.3, -0.25) is 4.79 Å². The van der Waals surface area contributed by atoms with Gasteiger partial charge in [0, 0.05) is 10.4 Å². The van der Waals surface area contributed by atoms with Crippen LogP contribution in [0.1, 0.15) is 53.6 Å². The molecule has 1 N–H and O–H groups in total. The molecule has 0 saturated carbocycles. The number of carbonyl (C=O) groups excluding carboxylic acids is 1. The van der Waals surface area contributed by atoms with Crippen LogP contribution in [0.25, 0.3) is 0 Å². The Morgan fingerprint density at radius 1 is 1.46 bits per heavy atom. The molecule has 3 rings (SSSR count). The van der Waals surface area contributed by atoms with Crippen LogP contribution < -0.4 is 10.1 Å². The lowest BCUT2D eigenvalue weighted by Crippen LogP contribution is -2.12. The number of nitriles is 1. The third kappa shape index (κ3) is 4.08. The van der Waals surface area contributed by atoms with Crippen LogP contribution in [0.3, 0.4) is 0 Å². The van der Waals surface area contributed by atoms with Gasteiger partial charge in [0.2, 0.25) is 0 Å². The predicted molar refractivity (Wildman–Crippen MR) is 105 cm³/mol. The summed E-state index contributed by atoms with van der Waals surface area (Å²) in [5.74, 6) is 1.53. The molecule has 1 aliphatic rings. The molecule has 0 saturated heterocycles. The Hall–Kier alpha value is -2.32. The van der Waals surface area contributed by atoms with Crippen molar-refractivity contribution in [2.45, 2.75) is 40.0 Å². The minimum absolute atomic E-state index is 0.205. The highest BCUT2D eigenvalue weighted by Gasteiger charge is 2.24. The number of ether oxygens (including phenoxy) is 1. The highest BCUT2D eigenvalue weighted by molar-refractivity contribution is 7.16. The molecule has 0 fully saturated rings. The molecule has 26 heavy (non-hydrogen) atoms. The molecule has 1 amide bonds. The van der Waals surface area contributed by atoms with Gasteiger partial charge in [0.15, 0.2) is 0 Å². The minimum Gasteiger partial charge on any atom is -0.493 e. The van der Waals surface area contributed by atoms with E-state index in [4.69, 9.17) is 4.74 Å². The lowest BCUT2D eigenvalue weighted by atomic mass is 9.88. The predicted octanol–water partition coefficient (Wildman–Crippen LogP) is 5.03. The lowest BCUT2D eigenvalue weighted by Gasteiger charge is -2.17. The number of hydrogen-bond donors (Lipinski definition) is 1. The van der Waals surface area contributed by atoms with Gasteiger partial charge in [-0.25, -0.2) is 0 Å². The van der Waals surface area contributed by atoms with E-state index in [0.717, 1.165) is 24.8 Å². The number of thiophene rings is 1. The summed E-state index contributed by atoms with van der Waals surface area (Å²) in [6.07, 6.45) is 3.01. The second kappa shape index (κ2) is 7.92. The number of hydrogen-bond acceptors (Lipinski definition) is 4. The van der Waals surface area contributed by atoms with Crippen molar-refractivity contribution in [2.24, 2.45) is 11.8 Å². The largest absolute Gasteiger partial charge is 0.493 e. The van der Waals surface area contributed by atoms with E-state index >= 15 is 0 Å². The van der Waals surface area contributed by atoms with E-state index in [2.05, 4.69) is 32.2 Å². The van der Waals surface area contributed by atoms with Gasteiger partial charge >= 0.3 is 0 Å². The zero-order valence-corrected chi connectivity index (χ0v) is 16.3. The van der Waals surface area contributed by atoms with Crippen molar-refractivity contribution in [3.8, 4) is 11.8 Å². The van der Waals surface area contributed by atoms with Crippen LogP contribution in [0, 0.1) is 23.2 Å². The van der Waals surface area contributed by atoms with Crippen molar-refractivity contribution in [1.82, 2.24) is 0 Å². The first-order valence-corrected chi connectivity index (χ1v) is 9.88. The molecule has 2 aromatic rings. The van der Waals surface area contributed by atoms with Gasteiger partial charge in [-0.1, -0.05) is 26.8 Å². The molecule has 5 heteroatoms. The third-order valence-corrected chi connectivity index (χ3v) is 5.70. The summed E-state index contributed by atoms with van der Waals surface area (Å²) in [5.41, 5.74) is 2.30. The number of carbonyl (C=O) groups is 1. The maximum atomic E-state index is 12.7. The fourth-order valence-corrected chi connectivity index (χ4v) is 4.48. The van der Waals surface area contributed by atoms with E-state index in [0.29, 0.717) is 40.3 Å². The first kappa shape index (κ1) is 18.5. The Kier molecular flexibility index (Phi) is 5.63. The Morgan fingerprint density at radius 2 is 2.27 bits per heavy atom. The van der Waals surface area contributed by atoms with Crippen molar-refractivity contribution in [3.63, 3.8) is 0 Å². The smallest absolute Gasteiger partial charge is 0.256 e. The number of anilines is 1. The molecule has 0 spiro atoms. The van der Waals surface area contributed by atoms with E-state index in [-0.39, 0.29) is 5.91 Å². The van der Waals surface area contributed by atoms with Crippen LogP contribution in [-0.2, 0) is 12.8 Å². The van der Waals surface area contributed by atoms with Gasteiger partial charge in [-0.15, -0.1) is 11.3 Å². The molecule has 1 atom stereocenters. The Labute approximate surface area is 158 Å². The van der Waals surface area contributed by atoms with Gasteiger partial charge in [-0.2, -0.15) is 5.26 Å². The van der Waals surface area contributed by atoms with Gasteiger partial charge in [-0.05, 0) is 54.9 Å². The SMILES string of the molecule is CC(C)COc1cccc(C(=O)Nc2sc3c(c2C#N)CCC(C)C3)c1. The molecule has 0 aliphatic heterocycles. The van der Waals surface area contributed by atoms with Crippen LogP contribution in [0.15, 0.2) is 24.3 Å². The standard InChI is InChI=1S/C21H24N2O2S/c1-13(2)12-25-16-6-4-5-15(10-16)20(24)23-21-18(11-22)17-8-7-14(3)9-19(17)26-21/h4-6,10,13-14H,7-9,12H2,1-3H3,(H,23,24). The summed E-state index contributed by atoms with van der Waals surface area (Å²) in [5, 5.41) is 13.2. The summed E-state index contributed by atoms with van der Waals surface area (Å²) in [6.45, 7) is 7.01. The zero-order valence-electron chi connectivity index (χ0n) is 15.5. The summed E-state index contributed by atoms with van der Waals surface area (Å²) < 4.78 is 5.70. The second-order valence-electron chi connectivity index (χ2n) is 7.35. The quantitative estimate of drug-likeness (QED) is 0.805.